The molecule has 0 saturated carbocycles. The number of nitrogens with zero attached hydrogens (tertiary/aromatic N) is 1. The minimum Gasteiger partial charge on any atom is -0.543 e. The normalized spacial score (nSPS) is 21.3. The van der Waals surface area contributed by atoms with Crippen LogP contribution in [0.1, 0.15) is 11.6 Å². The molecule has 162 valence electrons. The molecule has 2 heterocycles. The van der Waals surface area contributed by atoms with Crippen LogP contribution in [0.25, 0.3) is 0 Å². The third-order valence-corrected chi connectivity index (χ3v) is 6.36. The molecule has 1 fully saturated rings. The fraction of sp³-hybridized carbons (Fsp3) is 0.353. The number of amides is 2. The number of carbonyl (C=O) groups excluding carboxylic acids is 3. The number of β-lactam (4-membered cyclic amide) rings is 1. The van der Waals surface area contributed by atoms with Crippen molar-refractivity contribution in [2.75, 3.05) is 23.8 Å². The molecule has 1 unspecified atom stereocenters. The number of carbonyl (C=O) groups is 3. The van der Waals surface area contributed by atoms with E-state index in [1.165, 1.54) is 37.1 Å². The molecule has 3 atom stereocenters. The molecule has 0 bridgehead atoms. The second-order valence-corrected chi connectivity index (χ2v) is 9.49. The van der Waals surface area contributed by atoms with E-state index in [2.05, 4.69) is 10.0 Å². The van der Waals surface area contributed by atoms with Gasteiger partial charge in [-0.1, -0.05) is 12.1 Å². The van der Waals surface area contributed by atoms with Gasteiger partial charge in [0.05, 0.1) is 25.1 Å². The number of aliphatic carboxylic acids is 1. The fourth-order valence-corrected chi connectivity index (χ4v) is 5.01. The molecule has 4 N–H and O–H groups in total. The monoisotopic (exact) mass is 478 g/mol. The molecule has 11 nitrogen and oxygen atoms in total. The maximum absolute atomic E-state index is 12.6. The van der Waals surface area contributed by atoms with E-state index >= 15 is 0 Å². The summed E-state index contributed by atoms with van der Waals surface area (Å²) < 4.78 is 30.0. The van der Waals surface area contributed by atoms with Crippen molar-refractivity contribution in [1.29, 1.82) is 0 Å². The average Bonchev–Trinajstić information content (AvgIpc) is 2.68. The van der Waals surface area contributed by atoms with Crippen molar-refractivity contribution in [3.8, 4) is 0 Å². The van der Waals surface area contributed by atoms with Gasteiger partial charge in [0, 0.05) is 5.69 Å². The number of nitrogens with two attached hydrogens (primary N) is 1. The molecule has 1 aromatic rings. The van der Waals surface area contributed by atoms with E-state index in [9.17, 15) is 27.9 Å². The van der Waals surface area contributed by atoms with Crippen molar-refractivity contribution in [1.82, 2.24) is 10.2 Å². The number of nitrogens with one attached hydrogen (secondary N) is 2. The van der Waals surface area contributed by atoms with Crippen molar-refractivity contribution < 1.29 is 62.2 Å². The Morgan fingerprint density at radius 1 is 1.39 bits per heavy atom. The SMILES string of the molecule is COC1=C(C(=O)[O-])N2C(=O)[C@@H](NC(=O)C(N)c3cccc(NS(C)(=O)=O)c3)[C@@H]2SC1.[Na+]. The van der Waals surface area contributed by atoms with E-state index in [0.29, 0.717) is 5.56 Å². The molecule has 31 heavy (non-hydrogen) atoms. The summed E-state index contributed by atoms with van der Waals surface area (Å²) in [7, 11) is -2.21. The Morgan fingerprint density at radius 3 is 2.65 bits per heavy atom. The Hall–Kier alpha value is -1.77. The van der Waals surface area contributed by atoms with Gasteiger partial charge in [0.1, 0.15) is 28.9 Å². The van der Waals surface area contributed by atoms with Crippen molar-refractivity contribution in [2.24, 2.45) is 5.73 Å². The summed E-state index contributed by atoms with van der Waals surface area (Å²) in [5, 5.41) is 13.3. The Kier molecular flexibility index (Phi) is 8.05. The summed E-state index contributed by atoms with van der Waals surface area (Å²) in [6, 6.07) is 3.86. The number of hydrogen-bond donors (Lipinski definition) is 3. The minimum atomic E-state index is -3.51. The van der Waals surface area contributed by atoms with Crippen LogP contribution in [-0.2, 0) is 29.1 Å². The van der Waals surface area contributed by atoms with Gasteiger partial charge in [0.2, 0.25) is 15.9 Å². The molecule has 0 spiro atoms. The van der Waals surface area contributed by atoms with E-state index in [4.69, 9.17) is 10.5 Å². The Bertz CT molecular complexity index is 1050. The predicted octanol–water partition coefficient (Wildman–Crippen LogP) is -4.93. The average molecular weight is 478 g/mol. The summed E-state index contributed by atoms with van der Waals surface area (Å²) in [5.41, 5.74) is 6.20. The first kappa shape index (κ1) is 25.5. The summed E-state index contributed by atoms with van der Waals surface area (Å²) in [6.07, 6.45) is 0.993. The number of fused-ring (bicyclic) bond motifs is 1. The Labute approximate surface area is 205 Å². The number of carboxylic acid groups (broad SMARTS) is 1. The van der Waals surface area contributed by atoms with Crippen molar-refractivity contribution in [3.05, 3.63) is 41.3 Å². The number of sulfonamides is 1. The van der Waals surface area contributed by atoms with Gasteiger partial charge in [-0.2, -0.15) is 0 Å². The molecule has 14 heteroatoms. The topological polar surface area (TPSA) is 171 Å². The summed E-state index contributed by atoms with van der Waals surface area (Å²) in [4.78, 5) is 37.5. The summed E-state index contributed by atoms with van der Waals surface area (Å²) in [5.74, 6) is -2.51. The number of rotatable bonds is 7. The summed E-state index contributed by atoms with van der Waals surface area (Å²) in [6.45, 7) is 0. The summed E-state index contributed by atoms with van der Waals surface area (Å²) >= 11 is 1.24. The maximum atomic E-state index is 12.6. The molecule has 1 aromatic carbocycles. The predicted molar refractivity (Wildman–Crippen MR) is 106 cm³/mol. The van der Waals surface area contributed by atoms with Crippen molar-refractivity contribution in [2.45, 2.75) is 17.5 Å². The van der Waals surface area contributed by atoms with Crippen LogP contribution in [0, 0.1) is 0 Å². The zero-order valence-corrected chi connectivity index (χ0v) is 20.6. The molecular weight excluding hydrogens is 459 g/mol. The van der Waals surface area contributed by atoms with E-state index in [0.717, 1.165) is 11.2 Å². The maximum Gasteiger partial charge on any atom is 1.00 e. The number of anilines is 1. The first-order valence-corrected chi connectivity index (χ1v) is 11.5. The number of ether oxygens (including phenoxy) is 1. The number of thioether (sulfide) groups is 1. The van der Waals surface area contributed by atoms with E-state index in [-0.39, 0.29) is 52.5 Å². The third-order valence-electron chi connectivity index (χ3n) is 4.50. The number of methoxy groups -OCH3 is 1. The molecule has 0 aliphatic carbocycles. The van der Waals surface area contributed by atoms with Gasteiger partial charge in [0.25, 0.3) is 5.91 Å². The van der Waals surface area contributed by atoms with Crippen molar-refractivity contribution in [3.63, 3.8) is 0 Å². The molecule has 0 aromatic heterocycles. The zero-order valence-electron chi connectivity index (χ0n) is 16.9. The van der Waals surface area contributed by atoms with Gasteiger partial charge >= 0.3 is 29.6 Å². The van der Waals surface area contributed by atoms with Crippen LogP contribution in [0.4, 0.5) is 5.69 Å². The second kappa shape index (κ2) is 9.79. The minimum absolute atomic E-state index is 0. The molecule has 0 radical (unpaired) electrons. The molecule has 2 aliphatic rings. The quantitative estimate of drug-likeness (QED) is 0.257. The van der Waals surface area contributed by atoms with Crippen LogP contribution in [0.15, 0.2) is 35.7 Å². The van der Waals surface area contributed by atoms with Crippen LogP contribution in [0.2, 0.25) is 0 Å². The van der Waals surface area contributed by atoms with E-state index in [1.807, 2.05) is 0 Å². The van der Waals surface area contributed by atoms with Crippen LogP contribution in [-0.4, -0.2) is 61.6 Å². The van der Waals surface area contributed by atoms with Gasteiger partial charge in [-0.25, -0.2) is 8.42 Å². The largest absolute Gasteiger partial charge is 1.00 e. The van der Waals surface area contributed by atoms with E-state index in [1.54, 1.807) is 6.07 Å². The number of benzene rings is 1. The van der Waals surface area contributed by atoms with Gasteiger partial charge in [-0.15, -0.1) is 11.8 Å². The van der Waals surface area contributed by atoms with Crippen LogP contribution < -0.4 is 50.4 Å². The second-order valence-electron chi connectivity index (χ2n) is 6.64. The van der Waals surface area contributed by atoms with Gasteiger partial charge in [-0.3, -0.25) is 19.2 Å². The first-order valence-electron chi connectivity index (χ1n) is 8.60. The zero-order chi connectivity index (χ0) is 22.2. The third kappa shape index (κ3) is 5.35. The van der Waals surface area contributed by atoms with E-state index < -0.39 is 45.3 Å². The Balaban J connectivity index is 0.00000341. The van der Waals surface area contributed by atoms with Crippen LogP contribution in [0.3, 0.4) is 0 Å². The van der Waals surface area contributed by atoms with Crippen LogP contribution >= 0.6 is 11.8 Å². The number of hydrogen-bond acceptors (Lipinski definition) is 9. The molecule has 2 amide bonds. The van der Waals surface area contributed by atoms with Gasteiger partial charge < -0.3 is 25.7 Å². The number of carboxylic acids is 1. The molecule has 2 aliphatic heterocycles. The van der Waals surface area contributed by atoms with Gasteiger partial charge in [0.15, 0.2) is 0 Å². The fourth-order valence-electron chi connectivity index (χ4n) is 3.14. The van der Waals surface area contributed by atoms with Crippen molar-refractivity contribution >= 4 is 45.3 Å². The first-order chi connectivity index (χ1) is 14.0. The smallest absolute Gasteiger partial charge is 0.543 e. The standard InChI is InChI=1S/C17H20N4O7S2.Na/c1-28-10-7-29-16-12(15(23)21(16)13(10)17(24)25)19-14(22)11(18)8-4-3-5-9(6-8)20-30(2,26)27;/h3-6,11-12,16,20H,7,18H2,1-2H3,(H,19,22)(H,24,25);/q;+1/p-1/t11?,12-,16+;/m1./s1. The van der Waals surface area contributed by atoms with Gasteiger partial charge in [-0.05, 0) is 17.7 Å². The molecule has 3 rings (SSSR count). The molecule has 1 saturated heterocycles. The van der Waals surface area contributed by atoms with Crippen LogP contribution in [0.5, 0.6) is 0 Å². The molecular formula is C17H19N4NaO7S2. The Morgan fingerprint density at radius 2 is 2.06 bits per heavy atom.